The van der Waals surface area contributed by atoms with Crippen LogP contribution in [-0.2, 0) is 25.4 Å². The molecule has 0 spiro atoms. The molecule has 0 unspecified atom stereocenters. The first kappa shape index (κ1) is 30.4. The predicted octanol–water partition coefficient (Wildman–Crippen LogP) is 3.92. The van der Waals surface area contributed by atoms with Gasteiger partial charge < -0.3 is 34.1 Å². The summed E-state index contributed by atoms with van der Waals surface area (Å²) in [6.07, 6.45) is 10.4. The van der Waals surface area contributed by atoms with E-state index in [2.05, 4.69) is 5.16 Å². The van der Waals surface area contributed by atoms with Crippen LogP contribution >= 0.6 is 7.60 Å². The molecule has 11 nitrogen and oxygen atoms in total. The monoisotopic (exact) mass is 564 g/mol. The summed E-state index contributed by atoms with van der Waals surface area (Å²) >= 11 is 0. The lowest BCUT2D eigenvalue weighted by Gasteiger charge is -2.26. The Kier molecular flexibility index (Phi) is 11.2. The van der Waals surface area contributed by atoms with Gasteiger partial charge in [0.25, 0.3) is 5.91 Å². The van der Waals surface area contributed by atoms with Crippen molar-refractivity contribution in [2.75, 3.05) is 26.0 Å². The van der Waals surface area contributed by atoms with Crippen LogP contribution in [0.25, 0.3) is 0 Å². The van der Waals surface area contributed by atoms with Crippen LogP contribution in [0.1, 0.15) is 61.9 Å². The topological polar surface area (TPSA) is 155 Å². The number of carbonyl (C=O) groups excluding carboxylic acids is 2. The molecule has 12 heteroatoms. The third-order valence-electron chi connectivity index (χ3n) is 6.29. The molecule has 0 aliphatic carbocycles. The first-order chi connectivity index (χ1) is 18.5. The molecule has 1 aromatic carbocycles. The van der Waals surface area contributed by atoms with Crippen LogP contribution in [-0.4, -0.2) is 69.5 Å². The smallest absolute Gasteiger partial charge is 0.362 e. The van der Waals surface area contributed by atoms with Crippen LogP contribution in [0.5, 0.6) is 11.5 Å². The maximum atomic E-state index is 13.1. The van der Waals surface area contributed by atoms with Gasteiger partial charge in [0.15, 0.2) is 13.0 Å². The summed E-state index contributed by atoms with van der Waals surface area (Å²) in [5, 5.41) is 14.9. The third-order valence-corrected chi connectivity index (χ3v) is 6.75. The van der Waals surface area contributed by atoms with Crippen LogP contribution in [0, 0.1) is 5.92 Å². The number of esters is 1. The highest BCUT2D eigenvalue weighted by molar-refractivity contribution is 7.51. The molecule has 1 amide bonds. The van der Waals surface area contributed by atoms with Gasteiger partial charge in [-0.05, 0) is 56.2 Å². The number of cyclic esters (lactones) is 1. The van der Waals surface area contributed by atoms with Crippen molar-refractivity contribution < 1.29 is 43.4 Å². The Hall–Kier alpha value is -3.14. The molecule has 2 aliphatic rings. The number of phenolic OH excluding ortho intramolecular Hbond substituents is 1. The summed E-state index contributed by atoms with van der Waals surface area (Å²) in [6, 6.07) is 2.50. The summed E-state index contributed by atoms with van der Waals surface area (Å²) in [7, 11) is -4.49. The van der Waals surface area contributed by atoms with E-state index in [4.69, 9.17) is 14.3 Å². The summed E-state index contributed by atoms with van der Waals surface area (Å²) in [6.45, 7) is 4.93. The zero-order chi connectivity index (χ0) is 28.4. The van der Waals surface area contributed by atoms with Crippen molar-refractivity contribution in [2.45, 2.75) is 58.5 Å². The number of piperidine rings is 1. The number of hydrogen-bond acceptors (Lipinski definition) is 8. The van der Waals surface area contributed by atoms with Crippen LogP contribution < -0.4 is 4.74 Å². The molecule has 3 N–H and O–H groups in total. The van der Waals surface area contributed by atoms with E-state index in [1.54, 1.807) is 17.9 Å². The molecule has 2 atom stereocenters. The van der Waals surface area contributed by atoms with E-state index in [1.165, 1.54) is 6.07 Å². The zero-order valence-corrected chi connectivity index (χ0v) is 23.2. The van der Waals surface area contributed by atoms with Gasteiger partial charge in [0.2, 0.25) is 0 Å². The van der Waals surface area contributed by atoms with Crippen LogP contribution in [0.15, 0.2) is 41.6 Å². The average molecular weight is 565 g/mol. The second-order valence-corrected chi connectivity index (χ2v) is 11.5. The van der Waals surface area contributed by atoms with Crippen molar-refractivity contribution in [3.63, 3.8) is 0 Å². The highest BCUT2D eigenvalue weighted by Crippen LogP contribution is 2.36. The number of nitrogens with zero attached hydrogens (tertiary/aromatic N) is 2. The minimum absolute atomic E-state index is 0.0158. The fourth-order valence-electron chi connectivity index (χ4n) is 4.29. The fraction of sp³-hybridized carbons (Fsp3) is 0.519. The van der Waals surface area contributed by atoms with E-state index in [-0.39, 0.29) is 41.7 Å². The largest absolute Gasteiger partial charge is 0.507 e. The van der Waals surface area contributed by atoms with Gasteiger partial charge in [-0.15, -0.1) is 0 Å². The van der Waals surface area contributed by atoms with E-state index >= 15 is 0 Å². The number of oxime groups is 1. The predicted molar refractivity (Wildman–Crippen MR) is 145 cm³/mol. The molecule has 0 aromatic heterocycles. The zero-order valence-electron chi connectivity index (χ0n) is 22.3. The van der Waals surface area contributed by atoms with Gasteiger partial charge in [0, 0.05) is 32.0 Å². The van der Waals surface area contributed by atoms with Crippen LogP contribution in [0.4, 0.5) is 0 Å². The molecule has 2 aliphatic heterocycles. The summed E-state index contributed by atoms with van der Waals surface area (Å²) < 4.78 is 22.0. The standard InChI is InChI=1S/C27H37N2O9P/c1-19-8-6-10-20(2)38-27(32)26-21(15-23(16-24(26)30)36-18-39(33,34)35)14-22(11-7-9-19)28-37-17-25(31)29-12-4-3-5-13-29/h6-8,11,15-16,19-20,30H,3-5,9-10,12-14,17-18H2,1-2H3,(H2,33,34,35)/b8-6+,11-7+,28-22-/t19-,20+/m0/s1. The summed E-state index contributed by atoms with van der Waals surface area (Å²) in [4.78, 5) is 51.1. The van der Waals surface area contributed by atoms with E-state index in [0.717, 1.165) is 25.3 Å². The lowest BCUT2D eigenvalue weighted by Crippen LogP contribution is -2.37. The van der Waals surface area contributed by atoms with Crippen LogP contribution in [0.2, 0.25) is 0 Å². The van der Waals surface area contributed by atoms with Crippen molar-refractivity contribution in [1.82, 2.24) is 4.90 Å². The molecule has 0 bridgehead atoms. The Morgan fingerprint density at radius 3 is 2.62 bits per heavy atom. The highest BCUT2D eigenvalue weighted by atomic mass is 31.2. The first-order valence-electron chi connectivity index (χ1n) is 13.1. The molecule has 2 heterocycles. The Morgan fingerprint density at radius 1 is 1.15 bits per heavy atom. The highest BCUT2D eigenvalue weighted by Gasteiger charge is 2.24. The van der Waals surface area contributed by atoms with E-state index in [0.29, 0.717) is 31.6 Å². The van der Waals surface area contributed by atoms with E-state index in [1.807, 2.05) is 25.2 Å². The quantitative estimate of drug-likeness (QED) is 0.202. The van der Waals surface area contributed by atoms with Crippen molar-refractivity contribution in [2.24, 2.45) is 11.1 Å². The van der Waals surface area contributed by atoms with Gasteiger partial charge in [-0.3, -0.25) is 9.36 Å². The maximum Gasteiger partial charge on any atom is 0.362 e. The number of rotatable bonds is 6. The molecule has 39 heavy (non-hydrogen) atoms. The molecule has 214 valence electrons. The van der Waals surface area contributed by atoms with Gasteiger partial charge >= 0.3 is 13.6 Å². The minimum atomic E-state index is -4.49. The number of amides is 1. The van der Waals surface area contributed by atoms with Crippen LogP contribution in [0.3, 0.4) is 0 Å². The van der Waals surface area contributed by atoms with Gasteiger partial charge in [-0.1, -0.05) is 30.3 Å². The van der Waals surface area contributed by atoms with Crippen molar-refractivity contribution in [1.29, 1.82) is 0 Å². The minimum Gasteiger partial charge on any atom is -0.507 e. The summed E-state index contributed by atoms with van der Waals surface area (Å²) in [5.74, 6) is -1.23. The SMILES string of the molecule is C[C@@H]1C/C=C/[C@H](C)C/C=C/C(=N/OCC(=O)N2CCCCC2)Cc2cc(OCP(=O)(O)O)cc(O)c2C(=O)O1. The van der Waals surface area contributed by atoms with Gasteiger partial charge in [0.1, 0.15) is 23.2 Å². The molecular formula is C27H37N2O9P. The molecule has 1 saturated heterocycles. The number of aromatic hydroxyl groups is 1. The lowest BCUT2D eigenvalue weighted by molar-refractivity contribution is -0.137. The number of hydrogen-bond donors (Lipinski definition) is 3. The Labute approximate surface area is 228 Å². The lowest BCUT2D eigenvalue weighted by atomic mass is 9.99. The van der Waals surface area contributed by atoms with Crippen molar-refractivity contribution in [3.8, 4) is 11.5 Å². The van der Waals surface area contributed by atoms with E-state index in [9.17, 15) is 29.0 Å². The van der Waals surface area contributed by atoms with Gasteiger partial charge in [0.05, 0.1) is 5.71 Å². The normalized spacial score (nSPS) is 23.7. The van der Waals surface area contributed by atoms with Gasteiger partial charge in [-0.2, -0.15) is 0 Å². The number of ether oxygens (including phenoxy) is 2. The fourth-order valence-corrected chi connectivity index (χ4v) is 4.60. The third kappa shape index (κ3) is 10.2. The molecule has 0 radical (unpaired) electrons. The van der Waals surface area contributed by atoms with Crippen molar-refractivity contribution in [3.05, 3.63) is 47.6 Å². The number of phenols is 1. The molecule has 3 rings (SSSR count). The molecular weight excluding hydrogens is 527 g/mol. The second kappa shape index (κ2) is 14.3. The number of fused-ring (bicyclic) bond motifs is 1. The average Bonchev–Trinajstić information content (AvgIpc) is 2.86. The second-order valence-electron chi connectivity index (χ2n) is 9.88. The Balaban J connectivity index is 1.93. The van der Waals surface area contributed by atoms with Crippen molar-refractivity contribution >= 4 is 25.2 Å². The Bertz CT molecular complexity index is 1150. The van der Waals surface area contributed by atoms with E-state index < -0.39 is 31.8 Å². The maximum absolute atomic E-state index is 13.1. The number of benzene rings is 1. The number of likely N-dealkylation sites (tertiary alicyclic amines) is 1. The van der Waals surface area contributed by atoms with Gasteiger partial charge in [-0.25, -0.2) is 4.79 Å². The number of allylic oxidation sites excluding steroid dienone is 3. The molecule has 1 fully saturated rings. The summed E-state index contributed by atoms with van der Waals surface area (Å²) in [5.41, 5.74) is 0.497. The Morgan fingerprint density at radius 2 is 1.90 bits per heavy atom. The molecule has 0 saturated carbocycles. The first-order valence-corrected chi connectivity index (χ1v) is 14.9. The number of carbonyl (C=O) groups is 2. The molecule has 1 aromatic rings.